The summed E-state index contributed by atoms with van der Waals surface area (Å²) in [5.41, 5.74) is -0.890. The van der Waals surface area contributed by atoms with Gasteiger partial charge in [0.1, 0.15) is 5.82 Å². The zero-order chi connectivity index (χ0) is 20.2. The van der Waals surface area contributed by atoms with Gasteiger partial charge >= 0.3 is 6.18 Å². The van der Waals surface area contributed by atoms with Gasteiger partial charge in [-0.05, 0) is 6.07 Å². The number of hydrogen-bond donors (Lipinski definition) is 1. The van der Waals surface area contributed by atoms with Crippen molar-refractivity contribution < 1.29 is 22.8 Å². The number of carbonyl (C=O) groups is 2. The van der Waals surface area contributed by atoms with Gasteiger partial charge in [-0.15, -0.1) is 0 Å². The lowest BCUT2D eigenvalue weighted by molar-refractivity contribution is -0.137. The molecule has 2 rings (SSSR count). The van der Waals surface area contributed by atoms with Gasteiger partial charge in [0.05, 0.1) is 23.7 Å². The van der Waals surface area contributed by atoms with Gasteiger partial charge in [-0.1, -0.05) is 11.6 Å². The Balaban J connectivity index is 1.85. The van der Waals surface area contributed by atoms with Crippen molar-refractivity contribution in [2.45, 2.75) is 6.18 Å². The van der Waals surface area contributed by atoms with Crippen molar-refractivity contribution in [1.29, 1.82) is 0 Å². The molecule has 0 spiro atoms. The molecule has 1 aromatic rings. The van der Waals surface area contributed by atoms with E-state index in [-0.39, 0.29) is 29.9 Å². The van der Waals surface area contributed by atoms with Crippen molar-refractivity contribution in [1.82, 2.24) is 20.1 Å². The number of carbonyl (C=O) groups excluding carboxylic acids is 2. The minimum Gasteiger partial charge on any atom is -0.353 e. The van der Waals surface area contributed by atoms with Gasteiger partial charge in [0.25, 0.3) is 0 Å². The highest BCUT2D eigenvalue weighted by Gasteiger charge is 2.32. The van der Waals surface area contributed by atoms with Gasteiger partial charge in [0, 0.05) is 46.5 Å². The van der Waals surface area contributed by atoms with Crippen LogP contribution in [0.5, 0.6) is 0 Å². The van der Waals surface area contributed by atoms with E-state index in [1.54, 1.807) is 19.0 Å². The lowest BCUT2D eigenvalue weighted by atomic mass is 10.2. The van der Waals surface area contributed by atoms with Crippen molar-refractivity contribution in [3.05, 3.63) is 22.8 Å². The molecule has 0 unspecified atom stereocenters. The van der Waals surface area contributed by atoms with Crippen molar-refractivity contribution >= 4 is 29.2 Å². The minimum atomic E-state index is -4.49. The second-order valence-electron chi connectivity index (χ2n) is 6.36. The van der Waals surface area contributed by atoms with E-state index in [0.717, 1.165) is 12.3 Å². The van der Waals surface area contributed by atoms with Crippen LogP contribution in [-0.2, 0) is 15.8 Å². The maximum Gasteiger partial charge on any atom is 0.417 e. The van der Waals surface area contributed by atoms with Crippen LogP contribution in [0.15, 0.2) is 12.3 Å². The molecule has 27 heavy (non-hydrogen) atoms. The summed E-state index contributed by atoms with van der Waals surface area (Å²) in [6.45, 7) is 2.08. The Hall–Kier alpha value is -2.07. The Kier molecular flexibility index (Phi) is 6.88. The molecule has 1 aliphatic heterocycles. The first-order valence-corrected chi connectivity index (χ1v) is 8.62. The lowest BCUT2D eigenvalue weighted by Crippen LogP contribution is -2.50. The summed E-state index contributed by atoms with van der Waals surface area (Å²) in [6.07, 6.45) is -3.72. The maximum absolute atomic E-state index is 12.7. The van der Waals surface area contributed by atoms with Gasteiger partial charge in [0.2, 0.25) is 11.8 Å². The van der Waals surface area contributed by atoms with Gasteiger partial charge in [-0.3, -0.25) is 14.5 Å². The molecule has 150 valence electrons. The highest BCUT2D eigenvalue weighted by molar-refractivity contribution is 6.33. The number of halogens is 4. The van der Waals surface area contributed by atoms with Crippen LogP contribution in [0.2, 0.25) is 5.02 Å². The van der Waals surface area contributed by atoms with E-state index in [2.05, 4.69) is 10.3 Å². The number of aromatic nitrogens is 1. The fraction of sp³-hybridized carbons (Fsp3) is 0.562. The quantitative estimate of drug-likeness (QED) is 0.791. The summed E-state index contributed by atoms with van der Waals surface area (Å²) in [7, 11) is 3.21. The molecule has 0 aromatic carbocycles. The predicted molar refractivity (Wildman–Crippen MR) is 94.6 cm³/mol. The zero-order valence-corrected chi connectivity index (χ0v) is 15.8. The van der Waals surface area contributed by atoms with Crippen molar-refractivity contribution in [3.8, 4) is 0 Å². The zero-order valence-electron chi connectivity index (χ0n) is 15.0. The molecule has 0 saturated carbocycles. The van der Waals surface area contributed by atoms with Gasteiger partial charge in [-0.25, -0.2) is 4.98 Å². The Bertz CT molecular complexity index is 691. The first kappa shape index (κ1) is 21.2. The van der Waals surface area contributed by atoms with E-state index in [1.165, 1.54) is 4.90 Å². The van der Waals surface area contributed by atoms with Gasteiger partial charge < -0.3 is 15.1 Å². The van der Waals surface area contributed by atoms with Crippen LogP contribution in [0.1, 0.15) is 5.56 Å². The van der Waals surface area contributed by atoms with Crippen LogP contribution < -0.4 is 10.2 Å². The van der Waals surface area contributed by atoms with Gasteiger partial charge in [0.15, 0.2) is 0 Å². The normalized spacial score (nSPS) is 15.6. The number of hydrogen-bond acceptors (Lipinski definition) is 5. The standard InChI is InChI=1S/C16H21ClF3N5O2/c1-23(2)14(27)9-21-13(26)10-24-3-5-25(6-4-24)15-12(17)7-11(8-22-15)16(18,19)20/h7-8H,3-6,9-10H2,1-2H3,(H,21,26). The second kappa shape index (κ2) is 8.75. The minimum absolute atomic E-state index is 0.0572. The summed E-state index contributed by atoms with van der Waals surface area (Å²) in [5, 5.41) is 2.50. The fourth-order valence-corrected chi connectivity index (χ4v) is 2.81. The molecule has 2 heterocycles. The molecule has 0 aliphatic carbocycles. The van der Waals surface area contributed by atoms with E-state index in [1.807, 2.05) is 4.90 Å². The Morgan fingerprint density at radius 1 is 1.26 bits per heavy atom. The first-order valence-electron chi connectivity index (χ1n) is 8.25. The number of nitrogens with one attached hydrogen (secondary N) is 1. The van der Waals surface area contributed by atoms with E-state index in [4.69, 9.17) is 11.6 Å². The summed E-state index contributed by atoms with van der Waals surface area (Å²) in [4.78, 5) is 32.3. The largest absolute Gasteiger partial charge is 0.417 e. The third kappa shape index (κ3) is 5.96. The molecule has 11 heteroatoms. The predicted octanol–water partition coefficient (Wildman–Crippen LogP) is 1.08. The molecule has 1 fully saturated rings. The summed E-state index contributed by atoms with van der Waals surface area (Å²) >= 11 is 5.97. The average molecular weight is 408 g/mol. The summed E-state index contributed by atoms with van der Waals surface area (Å²) in [6, 6.07) is 0.867. The number of pyridine rings is 1. The molecule has 0 radical (unpaired) electrons. The molecular formula is C16H21ClF3N5O2. The maximum atomic E-state index is 12.7. The van der Waals surface area contributed by atoms with Crippen LogP contribution in [0.4, 0.5) is 19.0 Å². The molecular weight excluding hydrogens is 387 g/mol. The van der Waals surface area contributed by atoms with Crippen LogP contribution in [0.3, 0.4) is 0 Å². The van der Waals surface area contributed by atoms with Crippen LogP contribution >= 0.6 is 11.6 Å². The Labute approximate surface area is 160 Å². The smallest absolute Gasteiger partial charge is 0.353 e. The molecule has 1 aromatic heterocycles. The molecule has 1 aliphatic rings. The number of likely N-dealkylation sites (N-methyl/N-ethyl adjacent to an activating group) is 1. The van der Waals surface area contributed by atoms with Crippen LogP contribution in [0, 0.1) is 0 Å². The van der Waals surface area contributed by atoms with Crippen molar-refractivity contribution in [2.75, 3.05) is 58.3 Å². The molecule has 1 saturated heterocycles. The number of nitrogens with zero attached hydrogens (tertiary/aromatic N) is 4. The number of rotatable bonds is 5. The lowest BCUT2D eigenvalue weighted by Gasteiger charge is -2.35. The summed E-state index contributed by atoms with van der Waals surface area (Å²) in [5.74, 6) is -0.161. The first-order chi connectivity index (χ1) is 12.6. The molecule has 1 N–H and O–H groups in total. The van der Waals surface area contributed by atoms with Crippen molar-refractivity contribution in [2.24, 2.45) is 0 Å². The van der Waals surface area contributed by atoms with Crippen LogP contribution in [0.25, 0.3) is 0 Å². The number of piperazine rings is 1. The number of amides is 2. The average Bonchev–Trinajstić information content (AvgIpc) is 2.59. The molecule has 0 atom stereocenters. The van der Waals surface area contributed by atoms with Crippen molar-refractivity contribution in [3.63, 3.8) is 0 Å². The fourth-order valence-electron chi connectivity index (χ4n) is 2.53. The Morgan fingerprint density at radius 3 is 2.41 bits per heavy atom. The second-order valence-corrected chi connectivity index (χ2v) is 6.76. The summed E-state index contributed by atoms with van der Waals surface area (Å²) < 4.78 is 38.1. The third-order valence-electron chi connectivity index (χ3n) is 4.12. The number of anilines is 1. The molecule has 0 bridgehead atoms. The van der Waals surface area contributed by atoms with Gasteiger partial charge in [-0.2, -0.15) is 13.2 Å². The van der Waals surface area contributed by atoms with E-state index in [9.17, 15) is 22.8 Å². The van der Waals surface area contributed by atoms with E-state index < -0.39 is 11.7 Å². The Morgan fingerprint density at radius 2 is 1.89 bits per heavy atom. The molecule has 2 amide bonds. The SMILES string of the molecule is CN(C)C(=O)CNC(=O)CN1CCN(c2ncc(C(F)(F)F)cc2Cl)CC1. The van der Waals surface area contributed by atoms with E-state index >= 15 is 0 Å². The monoisotopic (exact) mass is 407 g/mol. The number of alkyl halides is 3. The highest BCUT2D eigenvalue weighted by Crippen LogP contribution is 2.33. The van der Waals surface area contributed by atoms with Crippen LogP contribution in [-0.4, -0.2) is 80.0 Å². The third-order valence-corrected chi connectivity index (χ3v) is 4.40. The molecule has 7 nitrogen and oxygen atoms in total. The topological polar surface area (TPSA) is 68.8 Å². The highest BCUT2D eigenvalue weighted by atomic mass is 35.5. The van der Waals surface area contributed by atoms with E-state index in [0.29, 0.717) is 32.0 Å².